The van der Waals surface area contributed by atoms with Crippen LogP contribution in [0.3, 0.4) is 0 Å². The highest BCUT2D eigenvalue weighted by Gasteiger charge is 2.37. The molecular formula is C4H7N3. The molecule has 1 aliphatic heterocycles. The second-order valence-corrected chi connectivity index (χ2v) is 1.50. The molecule has 1 heterocycles. The van der Waals surface area contributed by atoms with Gasteiger partial charge in [0, 0.05) is 6.54 Å². The quantitative estimate of drug-likeness (QED) is 0.272. The van der Waals surface area contributed by atoms with Crippen molar-refractivity contribution < 1.29 is 0 Å². The first-order valence-corrected chi connectivity index (χ1v) is 2.05. The molecule has 38 valence electrons. The van der Waals surface area contributed by atoms with E-state index in [0.717, 1.165) is 0 Å². The van der Waals surface area contributed by atoms with E-state index in [4.69, 9.17) is 12.2 Å². The van der Waals surface area contributed by atoms with Gasteiger partial charge in [-0.15, -0.1) is 6.42 Å². The number of nitrogens with one attached hydrogen (secondary N) is 2. The van der Waals surface area contributed by atoms with Crippen LogP contribution in [0, 0.1) is 12.3 Å². The number of rotatable bonds is 1. The third-order valence-electron chi connectivity index (χ3n) is 0.979. The van der Waals surface area contributed by atoms with Crippen LogP contribution in [0.5, 0.6) is 0 Å². The third-order valence-corrected chi connectivity index (χ3v) is 0.979. The maximum Gasteiger partial charge on any atom is 0.169 e. The van der Waals surface area contributed by atoms with Crippen LogP contribution in [-0.4, -0.2) is 12.2 Å². The fourth-order valence-corrected chi connectivity index (χ4v) is 0.309. The second-order valence-electron chi connectivity index (χ2n) is 1.50. The summed E-state index contributed by atoms with van der Waals surface area (Å²) in [5, 5.41) is 0. The molecule has 1 saturated heterocycles. The van der Waals surface area contributed by atoms with Crippen LogP contribution in [0.15, 0.2) is 0 Å². The maximum atomic E-state index is 5.21. The molecule has 1 fully saturated rings. The highest BCUT2D eigenvalue weighted by Crippen LogP contribution is 2.02. The molecule has 0 saturated carbocycles. The Morgan fingerprint density at radius 3 is 2.29 bits per heavy atom. The van der Waals surface area contributed by atoms with Gasteiger partial charge in [0.15, 0.2) is 5.66 Å². The first-order valence-electron chi connectivity index (χ1n) is 2.05. The summed E-state index contributed by atoms with van der Waals surface area (Å²) in [6, 6.07) is 0. The number of hydrogen-bond acceptors (Lipinski definition) is 3. The lowest BCUT2D eigenvalue weighted by Gasteiger charge is -1.92. The average Bonchev–Trinajstić information content (AvgIpc) is 2.46. The Kier molecular flexibility index (Phi) is 0.790. The normalized spacial score (nSPS) is 23.4. The van der Waals surface area contributed by atoms with Crippen LogP contribution in [-0.2, 0) is 0 Å². The fourth-order valence-electron chi connectivity index (χ4n) is 0.309. The van der Waals surface area contributed by atoms with Crippen LogP contribution in [0.1, 0.15) is 0 Å². The predicted octanol–water partition coefficient (Wildman–Crippen LogP) is -1.62. The van der Waals surface area contributed by atoms with E-state index in [1.165, 1.54) is 0 Å². The summed E-state index contributed by atoms with van der Waals surface area (Å²) < 4.78 is 0. The molecule has 1 rings (SSSR count). The lowest BCUT2D eigenvalue weighted by Crippen LogP contribution is -2.26. The molecule has 0 amide bonds. The first-order chi connectivity index (χ1) is 3.33. The molecule has 0 atom stereocenters. The van der Waals surface area contributed by atoms with Crippen molar-refractivity contribution in [3.8, 4) is 12.3 Å². The summed E-state index contributed by atoms with van der Waals surface area (Å²) in [5.41, 5.74) is 10.3. The molecular weight excluding hydrogens is 90.1 g/mol. The van der Waals surface area contributed by atoms with Gasteiger partial charge in [-0.1, -0.05) is 5.92 Å². The summed E-state index contributed by atoms with van der Waals surface area (Å²) >= 11 is 0. The van der Waals surface area contributed by atoms with E-state index in [1.54, 1.807) is 0 Å². The lowest BCUT2D eigenvalue weighted by atomic mass is 10.3. The van der Waals surface area contributed by atoms with Gasteiger partial charge in [-0.25, -0.2) is 10.9 Å². The number of nitrogens with two attached hydrogens (primary N) is 1. The zero-order valence-corrected chi connectivity index (χ0v) is 3.86. The Morgan fingerprint density at radius 2 is 2.29 bits per heavy atom. The van der Waals surface area contributed by atoms with Gasteiger partial charge in [0.1, 0.15) is 0 Å². The third kappa shape index (κ3) is 0.591. The molecule has 0 aromatic heterocycles. The van der Waals surface area contributed by atoms with Crippen molar-refractivity contribution in [3.63, 3.8) is 0 Å². The van der Waals surface area contributed by atoms with Crippen LogP contribution in [0.2, 0.25) is 0 Å². The van der Waals surface area contributed by atoms with Crippen molar-refractivity contribution in [2.45, 2.75) is 5.66 Å². The van der Waals surface area contributed by atoms with Gasteiger partial charge >= 0.3 is 0 Å². The van der Waals surface area contributed by atoms with Gasteiger partial charge in [-0.2, -0.15) is 0 Å². The fraction of sp³-hybridized carbons (Fsp3) is 0.500. The zero-order valence-electron chi connectivity index (χ0n) is 3.86. The molecule has 7 heavy (non-hydrogen) atoms. The Labute approximate surface area is 42.2 Å². The molecule has 0 unspecified atom stereocenters. The van der Waals surface area contributed by atoms with Gasteiger partial charge in [0.05, 0.1) is 0 Å². The van der Waals surface area contributed by atoms with Crippen molar-refractivity contribution in [2.24, 2.45) is 5.73 Å². The van der Waals surface area contributed by atoms with E-state index < -0.39 is 0 Å². The van der Waals surface area contributed by atoms with E-state index >= 15 is 0 Å². The minimum Gasteiger partial charge on any atom is -0.327 e. The van der Waals surface area contributed by atoms with E-state index in [2.05, 4.69) is 16.8 Å². The van der Waals surface area contributed by atoms with Crippen LogP contribution >= 0.6 is 0 Å². The SMILES string of the molecule is C#CC1(CN)NN1. The number of hydrazine groups is 1. The minimum atomic E-state index is -0.361. The monoisotopic (exact) mass is 97.1 g/mol. The highest BCUT2D eigenvalue weighted by molar-refractivity contribution is 5.18. The average molecular weight is 97.1 g/mol. The molecule has 0 spiro atoms. The van der Waals surface area contributed by atoms with Gasteiger partial charge in [-0.05, 0) is 0 Å². The van der Waals surface area contributed by atoms with Crippen molar-refractivity contribution in [1.29, 1.82) is 0 Å². The highest BCUT2D eigenvalue weighted by atomic mass is 15.7. The molecule has 0 bridgehead atoms. The van der Waals surface area contributed by atoms with Gasteiger partial charge < -0.3 is 5.73 Å². The minimum absolute atomic E-state index is 0.361. The summed E-state index contributed by atoms with van der Waals surface area (Å²) in [7, 11) is 0. The van der Waals surface area contributed by atoms with Crippen LogP contribution in [0.4, 0.5) is 0 Å². The zero-order chi connectivity index (χ0) is 5.33. The smallest absolute Gasteiger partial charge is 0.169 e. The molecule has 0 aliphatic carbocycles. The Hall–Kier alpha value is -0.560. The summed E-state index contributed by atoms with van der Waals surface area (Å²) in [6.45, 7) is 0.448. The molecule has 0 aromatic rings. The number of terminal acetylenes is 1. The van der Waals surface area contributed by atoms with E-state index in [-0.39, 0.29) is 5.66 Å². The standard InChI is InChI=1S/C4H7N3/c1-2-4(3-5)6-7-4/h1,6-7H,3,5H2. The Morgan fingerprint density at radius 1 is 1.71 bits per heavy atom. The van der Waals surface area contributed by atoms with E-state index in [1.807, 2.05) is 0 Å². The molecule has 0 aromatic carbocycles. The Balaban J connectivity index is 2.47. The molecule has 4 N–H and O–H groups in total. The summed E-state index contributed by atoms with van der Waals surface area (Å²) in [4.78, 5) is 0. The van der Waals surface area contributed by atoms with Crippen molar-refractivity contribution in [1.82, 2.24) is 10.9 Å². The van der Waals surface area contributed by atoms with Crippen LogP contribution < -0.4 is 16.6 Å². The summed E-state index contributed by atoms with van der Waals surface area (Å²) in [6.07, 6.45) is 5.02. The second kappa shape index (κ2) is 1.20. The topological polar surface area (TPSA) is 69.9 Å². The molecule has 0 radical (unpaired) electrons. The number of hydrogen-bond donors (Lipinski definition) is 3. The Bertz CT molecular complexity index is 109. The van der Waals surface area contributed by atoms with Gasteiger partial charge in [-0.3, -0.25) is 0 Å². The van der Waals surface area contributed by atoms with Gasteiger partial charge in [0.2, 0.25) is 0 Å². The first kappa shape index (κ1) is 4.60. The van der Waals surface area contributed by atoms with Crippen LogP contribution in [0.25, 0.3) is 0 Å². The lowest BCUT2D eigenvalue weighted by molar-refractivity contribution is 0.786. The summed E-state index contributed by atoms with van der Waals surface area (Å²) in [5.74, 6) is 2.45. The van der Waals surface area contributed by atoms with Crippen molar-refractivity contribution in [3.05, 3.63) is 0 Å². The molecule has 3 heteroatoms. The molecule has 1 aliphatic rings. The van der Waals surface area contributed by atoms with Crippen molar-refractivity contribution >= 4 is 0 Å². The maximum absolute atomic E-state index is 5.21. The predicted molar refractivity (Wildman–Crippen MR) is 26.9 cm³/mol. The molecule has 3 nitrogen and oxygen atoms in total. The van der Waals surface area contributed by atoms with Crippen molar-refractivity contribution in [2.75, 3.05) is 6.54 Å². The van der Waals surface area contributed by atoms with Gasteiger partial charge in [0.25, 0.3) is 0 Å². The van der Waals surface area contributed by atoms with E-state index in [0.29, 0.717) is 6.54 Å². The van der Waals surface area contributed by atoms with E-state index in [9.17, 15) is 0 Å². The largest absolute Gasteiger partial charge is 0.327 e.